The van der Waals surface area contributed by atoms with Gasteiger partial charge in [-0.25, -0.2) is 5.32 Å². The standard InChI is InChI=1S/C22H27N3O3/c1-6-25(7-2)15-9-11-16(18(26)13-15)23-21-24-17-10-8-14(12-19(17)28-21)20(27)22(3,4)5/h8-13,26H,6-7H2,1-5H3,(H,23,24)/p+2. The normalized spacial score (nSPS) is 11.8. The average molecular weight is 383 g/mol. The minimum Gasteiger partial charge on any atom is -0.589 e. The lowest BCUT2D eigenvalue weighted by Gasteiger charge is -2.20. The highest BCUT2D eigenvalue weighted by atomic mass is 16.4. The van der Waals surface area contributed by atoms with Crippen LogP contribution in [-0.2, 0) is 0 Å². The van der Waals surface area contributed by atoms with E-state index in [0.29, 0.717) is 28.4 Å². The Morgan fingerprint density at radius 1 is 1.14 bits per heavy atom. The smallest absolute Gasteiger partial charge is 0.407 e. The van der Waals surface area contributed by atoms with Crippen molar-refractivity contribution < 1.29 is 19.6 Å². The first kappa shape index (κ1) is 19.9. The van der Waals surface area contributed by atoms with Gasteiger partial charge in [-0.15, -0.1) is 0 Å². The predicted octanol–water partition coefficient (Wildman–Crippen LogP) is 3.87. The van der Waals surface area contributed by atoms with Crippen molar-refractivity contribution in [2.75, 3.05) is 18.0 Å². The molecule has 28 heavy (non-hydrogen) atoms. The van der Waals surface area contributed by atoms with Gasteiger partial charge in [0.15, 0.2) is 11.4 Å². The molecule has 6 nitrogen and oxygen atoms in total. The highest BCUT2D eigenvalue weighted by Crippen LogP contribution is 2.28. The SMILES string of the molecule is CCN(CC)c1ccc([NH2+]c2nc3ccc(C(=O)C(C)(C)C)cc3o2)c([OH2+])c1. The van der Waals surface area contributed by atoms with Gasteiger partial charge >= 0.3 is 11.8 Å². The van der Waals surface area contributed by atoms with Gasteiger partial charge < -0.3 is 14.4 Å². The van der Waals surface area contributed by atoms with E-state index in [1.54, 1.807) is 23.5 Å². The van der Waals surface area contributed by atoms with E-state index in [4.69, 9.17) is 9.52 Å². The first-order valence-corrected chi connectivity index (χ1v) is 9.63. The first-order valence-electron chi connectivity index (χ1n) is 9.63. The number of nitrogens with zero attached hydrogens (tertiary/aromatic N) is 2. The summed E-state index contributed by atoms with van der Waals surface area (Å²) in [6.45, 7) is 11.7. The van der Waals surface area contributed by atoms with E-state index in [9.17, 15) is 4.79 Å². The molecule has 0 amide bonds. The molecule has 1 aromatic heterocycles. The lowest BCUT2D eigenvalue weighted by Crippen LogP contribution is -2.71. The Bertz CT molecular complexity index is 998. The number of rotatable bonds is 6. The minimum atomic E-state index is -0.449. The number of hydrogen-bond acceptors (Lipinski definition) is 4. The second kappa shape index (κ2) is 7.64. The van der Waals surface area contributed by atoms with E-state index in [1.807, 2.05) is 39.0 Å². The van der Waals surface area contributed by atoms with Crippen LogP contribution in [0.25, 0.3) is 11.1 Å². The summed E-state index contributed by atoms with van der Waals surface area (Å²) in [5, 5.41) is 10.1. The Kier molecular flexibility index (Phi) is 5.42. The molecule has 3 aromatic rings. The predicted molar refractivity (Wildman–Crippen MR) is 112 cm³/mol. The molecule has 0 aliphatic rings. The van der Waals surface area contributed by atoms with Gasteiger partial charge in [0.1, 0.15) is 5.52 Å². The Morgan fingerprint density at radius 3 is 2.46 bits per heavy atom. The molecule has 0 saturated carbocycles. The number of carbonyl (C=O) groups excluding carboxylic acids is 1. The van der Waals surface area contributed by atoms with Crippen LogP contribution >= 0.6 is 0 Å². The third kappa shape index (κ3) is 4.02. The van der Waals surface area contributed by atoms with Crippen LogP contribution in [0, 0.1) is 5.41 Å². The van der Waals surface area contributed by atoms with Crippen LogP contribution in [0.3, 0.4) is 0 Å². The summed E-state index contributed by atoms with van der Waals surface area (Å²) in [5.41, 5.74) is 3.22. The van der Waals surface area contributed by atoms with E-state index in [1.165, 1.54) is 0 Å². The number of aromatic nitrogens is 1. The Morgan fingerprint density at radius 2 is 1.86 bits per heavy atom. The number of quaternary nitrogens is 1. The van der Waals surface area contributed by atoms with Crippen molar-refractivity contribution in [2.24, 2.45) is 5.41 Å². The van der Waals surface area contributed by atoms with E-state index in [0.717, 1.165) is 24.5 Å². The summed E-state index contributed by atoms with van der Waals surface area (Å²) in [6.07, 6.45) is 0. The molecule has 0 spiro atoms. The molecule has 0 aliphatic heterocycles. The number of fused-ring (bicyclic) bond motifs is 1. The molecule has 0 unspecified atom stereocenters. The van der Waals surface area contributed by atoms with Gasteiger partial charge in [0.05, 0.1) is 6.07 Å². The van der Waals surface area contributed by atoms with Gasteiger partial charge in [-0.3, -0.25) is 4.79 Å². The Labute approximate surface area is 165 Å². The molecule has 148 valence electrons. The van der Waals surface area contributed by atoms with Crippen molar-refractivity contribution in [2.45, 2.75) is 34.6 Å². The molecular weight excluding hydrogens is 354 g/mol. The van der Waals surface area contributed by atoms with Crippen molar-refractivity contribution in [3.63, 3.8) is 0 Å². The molecule has 3 rings (SSSR count). The van der Waals surface area contributed by atoms with Crippen LogP contribution < -0.4 is 10.2 Å². The number of hydrogen-bond donors (Lipinski definition) is 1. The minimum absolute atomic E-state index is 0.0664. The molecule has 1 heterocycles. The van der Waals surface area contributed by atoms with E-state index in [-0.39, 0.29) is 5.78 Å². The van der Waals surface area contributed by atoms with E-state index >= 15 is 0 Å². The van der Waals surface area contributed by atoms with Gasteiger partial charge in [0.25, 0.3) is 0 Å². The highest BCUT2D eigenvalue weighted by Gasteiger charge is 2.24. The summed E-state index contributed by atoms with van der Waals surface area (Å²) in [4.78, 5) is 19.2. The molecule has 0 fully saturated rings. The number of Topliss-reactive ketones (excluding diaryl/α,β-unsaturated/α-hetero) is 1. The van der Waals surface area contributed by atoms with Crippen LogP contribution in [0.4, 0.5) is 17.4 Å². The fourth-order valence-electron chi connectivity index (χ4n) is 3.17. The number of ketones is 1. The van der Waals surface area contributed by atoms with Crippen molar-refractivity contribution in [1.82, 2.24) is 4.98 Å². The summed E-state index contributed by atoms with van der Waals surface area (Å²) in [7, 11) is 0. The number of nitrogens with two attached hydrogens (primary N) is 1. The quantitative estimate of drug-likeness (QED) is 0.398. The number of oxazole rings is 1. The van der Waals surface area contributed by atoms with Gasteiger partial charge in [-0.1, -0.05) is 20.8 Å². The zero-order valence-corrected chi connectivity index (χ0v) is 17.2. The zero-order chi connectivity index (χ0) is 20.5. The van der Waals surface area contributed by atoms with Crippen molar-refractivity contribution in [3.05, 3.63) is 42.0 Å². The Hall–Kier alpha value is -2.86. The lowest BCUT2D eigenvalue weighted by atomic mass is 9.86. The van der Waals surface area contributed by atoms with Crippen LogP contribution in [-0.4, -0.2) is 29.0 Å². The fourth-order valence-corrected chi connectivity index (χ4v) is 3.17. The fraction of sp³-hybridized carbons (Fsp3) is 0.364. The van der Waals surface area contributed by atoms with Gasteiger partial charge in [0.2, 0.25) is 5.69 Å². The maximum atomic E-state index is 12.5. The second-order valence-electron chi connectivity index (χ2n) is 7.90. The molecule has 2 aromatic carbocycles. The third-order valence-electron chi connectivity index (χ3n) is 4.79. The summed E-state index contributed by atoms with van der Waals surface area (Å²) in [6, 6.07) is 11.6. The molecule has 0 atom stereocenters. The van der Waals surface area contributed by atoms with Crippen molar-refractivity contribution >= 4 is 34.3 Å². The van der Waals surface area contributed by atoms with Gasteiger partial charge in [0, 0.05) is 35.8 Å². The van der Waals surface area contributed by atoms with Crippen LogP contribution in [0.2, 0.25) is 0 Å². The topological polar surface area (TPSA) is 85.8 Å². The van der Waals surface area contributed by atoms with E-state index < -0.39 is 5.41 Å². The van der Waals surface area contributed by atoms with Gasteiger partial charge in [-0.2, -0.15) is 4.98 Å². The molecular formula is C22H29N3O3+2. The third-order valence-corrected chi connectivity index (χ3v) is 4.79. The van der Waals surface area contributed by atoms with Crippen LogP contribution in [0.1, 0.15) is 45.0 Å². The van der Waals surface area contributed by atoms with Crippen molar-refractivity contribution in [1.29, 1.82) is 0 Å². The Balaban J connectivity index is 1.86. The number of anilines is 1. The largest absolute Gasteiger partial charge is 0.589 e. The van der Waals surface area contributed by atoms with Gasteiger partial charge in [-0.05, 0) is 38.1 Å². The molecule has 0 bridgehead atoms. The summed E-state index contributed by atoms with van der Waals surface area (Å²) >= 11 is 0. The number of carbonyl (C=O) groups is 1. The number of benzene rings is 2. The molecule has 0 saturated heterocycles. The zero-order valence-electron chi connectivity index (χ0n) is 17.2. The second-order valence-corrected chi connectivity index (χ2v) is 7.90. The average Bonchev–Trinajstić information content (AvgIpc) is 3.05. The van der Waals surface area contributed by atoms with E-state index in [2.05, 4.69) is 23.7 Å². The molecule has 4 N–H and O–H groups in total. The lowest BCUT2D eigenvalue weighted by molar-refractivity contribution is -0.498. The molecule has 0 radical (unpaired) electrons. The maximum absolute atomic E-state index is 12.5. The molecule has 6 heteroatoms. The summed E-state index contributed by atoms with van der Waals surface area (Å²) < 4.78 is 5.84. The van der Waals surface area contributed by atoms with Crippen LogP contribution in [0.5, 0.6) is 5.75 Å². The first-order chi connectivity index (χ1) is 13.2. The highest BCUT2D eigenvalue weighted by molar-refractivity contribution is 6.01. The molecule has 0 aliphatic carbocycles. The monoisotopic (exact) mass is 383 g/mol. The maximum Gasteiger partial charge on any atom is 0.407 e. The van der Waals surface area contributed by atoms with Crippen molar-refractivity contribution in [3.8, 4) is 5.75 Å². The van der Waals surface area contributed by atoms with Crippen LogP contribution in [0.15, 0.2) is 40.8 Å². The summed E-state index contributed by atoms with van der Waals surface area (Å²) in [5.74, 6) is 0.493.